The normalized spacial score (nSPS) is 12.1. The summed E-state index contributed by atoms with van der Waals surface area (Å²) in [7, 11) is 2.11. The minimum atomic E-state index is -2.74. The first-order valence-electron chi connectivity index (χ1n) is 12.5. The first-order chi connectivity index (χ1) is 19.0. The Morgan fingerprint density at radius 1 is 0.975 bits per heavy atom. The van der Waals surface area contributed by atoms with Crippen LogP contribution in [0.1, 0.15) is 37.3 Å². The highest BCUT2D eigenvalue weighted by molar-refractivity contribution is 5.88. The second kappa shape index (κ2) is 13.6. The van der Waals surface area contributed by atoms with Crippen LogP contribution in [0.15, 0.2) is 48.7 Å². The molecule has 0 spiro atoms. The van der Waals surface area contributed by atoms with Crippen molar-refractivity contribution in [2.45, 2.75) is 44.9 Å². The summed E-state index contributed by atoms with van der Waals surface area (Å²) in [6, 6.07) is 14.4. The van der Waals surface area contributed by atoms with E-state index in [0.29, 0.717) is 6.61 Å². The Morgan fingerprint density at radius 3 is 2.25 bits per heavy atom. The van der Waals surface area contributed by atoms with E-state index in [1.54, 1.807) is 0 Å². The van der Waals surface area contributed by atoms with Crippen molar-refractivity contribution in [1.82, 2.24) is 9.88 Å². The van der Waals surface area contributed by atoms with E-state index >= 15 is 0 Å². The van der Waals surface area contributed by atoms with E-state index in [9.17, 15) is 14.4 Å². The van der Waals surface area contributed by atoms with Crippen molar-refractivity contribution in [2.24, 2.45) is 0 Å². The lowest BCUT2D eigenvalue weighted by molar-refractivity contribution is -0.170. The van der Waals surface area contributed by atoms with E-state index in [1.807, 2.05) is 30.5 Å². The molecule has 0 amide bonds. The average Bonchev–Trinajstić information content (AvgIpc) is 3.34. The minimum Gasteiger partial charge on any atom is -0.493 e. The van der Waals surface area contributed by atoms with E-state index in [1.165, 1.54) is 10.9 Å². The molecule has 40 heavy (non-hydrogen) atoms. The first kappa shape index (κ1) is 30.1. The summed E-state index contributed by atoms with van der Waals surface area (Å²) < 4.78 is 17.0. The molecule has 0 atom stereocenters. The summed E-state index contributed by atoms with van der Waals surface area (Å²) in [5, 5.41) is 35.0. The van der Waals surface area contributed by atoms with Gasteiger partial charge in [-0.1, -0.05) is 25.1 Å². The molecule has 0 saturated heterocycles. The van der Waals surface area contributed by atoms with Crippen molar-refractivity contribution in [2.75, 3.05) is 20.4 Å². The van der Waals surface area contributed by atoms with Gasteiger partial charge in [-0.25, -0.2) is 4.79 Å². The van der Waals surface area contributed by atoms with Gasteiger partial charge in [0.15, 0.2) is 17.1 Å². The summed E-state index contributed by atoms with van der Waals surface area (Å²) >= 11 is 0. The number of fused-ring (bicyclic) bond motifs is 2. The van der Waals surface area contributed by atoms with Gasteiger partial charge < -0.3 is 34.6 Å². The number of nitrogens with zero attached hydrogens (tertiary/aromatic N) is 2. The van der Waals surface area contributed by atoms with E-state index in [4.69, 9.17) is 34.6 Å². The molecule has 0 fully saturated rings. The summed E-state index contributed by atoms with van der Waals surface area (Å²) in [6.45, 7) is 4.64. The van der Waals surface area contributed by atoms with E-state index < -0.39 is 36.4 Å². The van der Waals surface area contributed by atoms with Gasteiger partial charge in [0.1, 0.15) is 5.75 Å². The Kier molecular flexibility index (Phi) is 10.2. The maximum Gasteiger partial charge on any atom is 0.336 e. The molecule has 0 saturated carbocycles. The third-order valence-electron chi connectivity index (χ3n) is 5.92. The summed E-state index contributed by atoms with van der Waals surface area (Å²) in [6.07, 6.45) is 0.510. The lowest BCUT2D eigenvalue weighted by Crippen LogP contribution is -2.42. The number of hydrogen-bond donors (Lipinski definition) is 4. The third kappa shape index (κ3) is 8.04. The molecule has 4 rings (SSSR count). The van der Waals surface area contributed by atoms with Crippen molar-refractivity contribution in [3.8, 4) is 17.2 Å². The lowest BCUT2D eigenvalue weighted by atomic mass is 9.96. The van der Waals surface area contributed by atoms with E-state index in [-0.39, 0.29) is 6.79 Å². The predicted octanol–water partition coefficient (Wildman–Crippen LogP) is 3.14. The molecule has 2 aromatic carbocycles. The maximum absolute atomic E-state index is 10.3. The molecule has 1 aliphatic rings. The number of aliphatic carboxylic acids is 3. The second-order valence-corrected chi connectivity index (χ2v) is 9.30. The SMILES string of the molecule is CCCOc1cc2c(cc1CN(C)Cc1cccc3ncccc13)OCO2.O=C(O)CC(O)(CC(=O)O)C(=O)O. The van der Waals surface area contributed by atoms with Gasteiger partial charge in [0.05, 0.1) is 25.0 Å². The van der Waals surface area contributed by atoms with Crippen LogP contribution in [0.25, 0.3) is 10.9 Å². The fourth-order valence-corrected chi connectivity index (χ4v) is 4.09. The van der Waals surface area contributed by atoms with Crippen LogP contribution < -0.4 is 14.2 Å². The Morgan fingerprint density at radius 2 is 1.62 bits per heavy atom. The number of carboxylic acid groups (broad SMARTS) is 3. The van der Waals surface area contributed by atoms with Crippen LogP contribution in [-0.2, 0) is 27.5 Å². The number of aromatic nitrogens is 1. The fraction of sp³-hybridized carbons (Fsp3) is 0.357. The van der Waals surface area contributed by atoms with E-state index in [0.717, 1.165) is 47.8 Å². The number of ether oxygens (including phenoxy) is 3. The number of rotatable bonds is 12. The monoisotopic (exact) mass is 556 g/mol. The molecule has 1 aromatic heterocycles. The van der Waals surface area contributed by atoms with Crippen molar-refractivity contribution in [3.05, 3.63) is 59.8 Å². The molecular weight excluding hydrogens is 524 g/mol. The average molecular weight is 557 g/mol. The molecule has 4 N–H and O–H groups in total. The Labute approximate surface area is 230 Å². The standard InChI is InChI=1S/C22H24N2O3.C6H8O7/c1-3-10-25-20-12-22-21(26-15-27-22)11-17(20)14-24(2)13-16-6-4-8-19-18(16)7-5-9-23-19;7-3(8)1-6(13,5(11)12)2-4(9)10/h4-9,11-12H,3,10,13-15H2,1-2H3;13H,1-2H2,(H,7,8)(H,9,10)(H,11,12). The molecule has 1 aliphatic heterocycles. The number of carboxylic acids is 3. The molecule has 0 bridgehead atoms. The largest absolute Gasteiger partial charge is 0.493 e. The van der Waals surface area contributed by atoms with Crippen molar-refractivity contribution < 1.29 is 49.0 Å². The maximum atomic E-state index is 10.3. The van der Waals surface area contributed by atoms with Gasteiger partial charge in [-0.2, -0.15) is 0 Å². The molecule has 0 unspecified atom stereocenters. The number of pyridine rings is 1. The van der Waals surface area contributed by atoms with Crippen LogP contribution in [0.2, 0.25) is 0 Å². The Bertz CT molecular complexity index is 1340. The Balaban J connectivity index is 0.000000289. The van der Waals surface area contributed by atoms with Crippen LogP contribution in [0.3, 0.4) is 0 Å². The molecule has 214 valence electrons. The molecule has 12 nitrogen and oxygen atoms in total. The zero-order valence-electron chi connectivity index (χ0n) is 22.2. The zero-order valence-corrected chi connectivity index (χ0v) is 22.2. The van der Waals surface area contributed by atoms with Crippen LogP contribution in [0.5, 0.6) is 17.2 Å². The summed E-state index contributed by atoms with van der Waals surface area (Å²) in [5.74, 6) is -2.61. The Hall–Kier alpha value is -4.42. The molecule has 0 radical (unpaired) electrons. The third-order valence-corrected chi connectivity index (χ3v) is 5.92. The molecular formula is C28H32N2O10. The van der Waals surface area contributed by atoms with Gasteiger partial charge in [0, 0.05) is 36.3 Å². The first-order valence-corrected chi connectivity index (χ1v) is 12.5. The smallest absolute Gasteiger partial charge is 0.336 e. The van der Waals surface area contributed by atoms with Gasteiger partial charge in [0.25, 0.3) is 0 Å². The van der Waals surface area contributed by atoms with Gasteiger partial charge >= 0.3 is 17.9 Å². The molecule has 3 aromatic rings. The van der Waals surface area contributed by atoms with E-state index in [2.05, 4.69) is 42.1 Å². The zero-order chi connectivity index (χ0) is 29.3. The van der Waals surface area contributed by atoms with Crippen molar-refractivity contribution >= 4 is 28.8 Å². The van der Waals surface area contributed by atoms with Crippen molar-refractivity contribution in [3.63, 3.8) is 0 Å². The van der Waals surface area contributed by atoms with Crippen molar-refractivity contribution in [1.29, 1.82) is 0 Å². The number of benzene rings is 2. The highest BCUT2D eigenvalue weighted by Gasteiger charge is 2.40. The fourth-order valence-electron chi connectivity index (χ4n) is 4.09. The summed E-state index contributed by atoms with van der Waals surface area (Å²) in [4.78, 5) is 37.2. The van der Waals surface area contributed by atoms with Crippen LogP contribution in [0.4, 0.5) is 0 Å². The predicted molar refractivity (Wildman–Crippen MR) is 142 cm³/mol. The number of hydrogen-bond acceptors (Lipinski definition) is 9. The quantitative estimate of drug-likeness (QED) is 0.257. The van der Waals surface area contributed by atoms with Gasteiger partial charge in [0.2, 0.25) is 6.79 Å². The molecule has 0 aliphatic carbocycles. The van der Waals surface area contributed by atoms with Gasteiger partial charge in [-0.3, -0.25) is 19.5 Å². The number of carbonyl (C=O) groups is 3. The highest BCUT2D eigenvalue weighted by Crippen LogP contribution is 2.38. The highest BCUT2D eigenvalue weighted by atomic mass is 16.7. The summed E-state index contributed by atoms with van der Waals surface area (Å²) in [5.41, 5.74) is 0.657. The van der Waals surface area contributed by atoms with Crippen LogP contribution >= 0.6 is 0 Å². The minimum absolute atomic E-state index is 0.269. The molecule has 2 heterocycles. The molecule has 12 heteroatoms. The van der Waals surface area contributed by atoms with Gasteiger partial charge in [-0.15, -0.1) is 0 Å². The lowest BCUT2D eigenvalue weighted by Gasteiger charge is -2.20. The topological polar surface area (TPSA) is 176 Å². The van der Waals surface area contributed by atoms with Gasteiger partial charge in [-0.05, 0) is 37.2 Å². The number of aliphatic hydroxyl groups is 1. The van der Waals surface area contributed by atoms with Crippen LogP contribution in [-0.4, -0.2) is 74.3 Å². The van der Waals surface area contributed by atoms with Crippen LogP contribution in [0, 0.1) is 0 Å². The second-order valence-electron chi connectivity index (χ2n) is 9.30.